The first kappa shape index (κ1) is 75.7. The van der Waals surface area contributed by atoms with Crippen LogP contribution in [0.1, 0.15) is 103 Å². The highest BCUT2D eigenvalue weighted by molar-refractivity contribution is 5.99. The van der Waals surface area contributed by atoms with Gasteiger partial charge in [-0.05, 0) is 136 Å². The van der Waals surface area contributed by atoms with Crippen LogP contribution in [-0.2, 0) is 84.8 Å². The van der Waals surface area contributed by atoms with E-state index in [0.717, 1.165) is 5.56 Å². The van der Waals surface area contributed by atoms with Crippen LogP contribution in [0.2, 0.25) is 0 Å². The summed E-state index contributed by atoms with van der Waals surface area (Å²) in [5, 5.41) is 41.5. The van der Waals surface area contributed by atoms with E-state index in [2.05, 4.69) is 42.5 Å². The van der Waals surface area contributed by atoms with Crippen molar-refractivity contribution in [1.29, 1.82) is 0 Å². The number of rotatable bonds is 41. The second-order valence-electron chi connectivity index (χ2n) is 23.5. The van der Waals surface area contributed by atoms with Crippen LogP contribution in [0.4, 0.5) is 0 Å². The van der Waals surface area contributed by atoms with Crippen LogP contribution < -0.4 is 71.2 Å². The monoisotopic (exact) mass is 1310 g/mol. The number of primary amides is 2. The number of hydrogen-bond acceptors (Lipinski definition) is 15. The molecule has 0 fully saturated rings. The maximum absolute atomic E-state index is 14.9. The molecule has 0 radical (unpaired) electrons. The second-order valence-corrected chi connectivity index (χ2v) is 23.5. The van der Waals surface area contributed by atoms with Crippen LogP contribution in [0.15, 0.2) is 133 Å². The molecule has 510 valence electrons. The van der Waals surface area contributed by atoms with Gasteiger partial charge in [-0.25, -0.2) is 0 Å². The standard InChI is InChI=1S/C69H91N13O13/c1-42-35-48(83)36-43(2)49(42)41-50(72)62(88)76-52(28-16-18-34-71)63(89)79-58(40-47-25-13-6-14-26-47)69(95)82-57(39-46-23-11-5-12-24-46)68(94)78-54(30-32-60(85)86)65(91)81-56(38-45-21-9-4-10-22-45)67(93)77-53(29-31-59(73)84)64(90)80-55(37-44-19-7-3-8-20-44)66(92)75-51(61(74)87)27-15-17-33-70/h3-14,19-26,35-36,50-58,83H,15-18,27-34,37-41,70-72H2,1-2H3,(H2,73,84)(H2,74,87)(H,75,92)(H,76,88)(H,77,93)(H,78,94)(H,79,89)(H,80,90)(H,81,91)(H,82,95)(H,85,86)/t50-,51-,52+,53-,54-,55-,56-,57-,58-/m0/s1. The van der Waals surface area contributed by atoms with Crippen molar-refractivity contribution >= 4 is 65.0 Å². The number of benzene rings is 5. The first-order chi connectivity index (χ1) is 45.4. The zero-order valence-electron chi connectivity index (χ0n) is 53.7. The van der Waals surface area contributed by atoms with Gasteiger partial charge in [0.25, 0.3) is 0 Å². The zero-order chi connectivity index (χ0) is 69.4. The van der Waals surface area contributed by atoms with Gasteiger partial charge in [0.2, 0.25) is 59.1 Å². The molecule has 26 heteroatoms. The molecule has 0 heterocycles. The number of unbranched alkanes of at least 4 members (excludes halogenated alkanes) is 2. The third-order valence-electron chi connectivity index (χ3n) is 15.9. The number of phenolic OH excluding ortho intramolecular Hbond substituents is 1. The SMILES string of the molecule is Cc1cc(O)cc(C)c1C[C@H](N)C(=O)N[C@H](CCCCN)C(=O)N[C@@H](Cc1ccccc1)C(=O)N[C@@H](Cc1ccccc1)C(=O)N[C@@H](CCC(=O)O)C(=O)N[C@@H](Cc1ccccc1)C(=O)N[C@@H](CCC(N)=O)C(=O)N[C@@H](Cc1ccccc1)C(=O)N[C@@H](CCCCN)C(N)=O. The summed E-state index contributed by atoms with van der Waals surface area (Å²) in [6, 6.07) is 24.5. The van der Waals surface area contributed by atoms with Gasteiger partial charge in [-0.1, -0.05) is 121 Å². The molecule has 95 heavy (non-hydrogen) atoms. The van der Waals surface area contributed by atoms with Gasteiger partial charge in [0.1, 0.15) is 54.1 Å². The van der Waals surface area contributed by atoms with Gasteiger partial charge in [0.05, 0.1) is 6.04 Å². The summed E-state index contributed by atoms with van der Waals surface area (Å²) >= 11 is 0. The third-order valence-corrected chi connectivity index (χ3v) is 15.9. The molecule has 0 aliphatic carbocycles. The highest BCUT2D eigenvalue weighted by atomic mass is 16.4. The van der Waals surface area contributed by atoms with Crippen molar-refractivity contribution < 1.29 is 63.0 Å². The van der Waals surface area contributed by atoms with Crippen molar-refractivity contribution in [3.8, 4) is 5.75 Å². The third kappa shape index (κ3) is 26.5. The molecule has 26 nitrogen and oxygen atoms in total. The molecule has 0 aliphatic rings. The summed E-state index contributed by atoms with van der Waals surface area (Å²) in [6.07, 6.45) is -0.509. The lowest BCUT2D eigenvalue weighted by atomic mass is 9.95. The van der Waals surface area contributed by atoms with Crippen molar-refractivity contribution in [2.45, 2.75) is 165 Å². The molecule has 5 aromatic carbocycles. The number of aliphatic carboxylic acids is 1. The molecule has 5 aromatic rings. The minimum Gasteiger partial charge on any atom is -0.508 e. The van der Waals surface area contributed by atoms with Gasteiger partial charge in [0, 0.05) is 38.5 Å². The van der Waals surface area contributed by atoms with Gasteiger partial charge in [-0.3, -0.25) is 52.7 Å². The average Bonchev–Trinajstić information content (AvgIpc) is 0.902. The highest BCUT2D eigenvalue weighted by Gasteiger charge is 2.36. The normalized spacial score (nSPS) is 13.9. The number of hydrogen-bond donors (Lipinski definition) is 15. The summed E-state index contributed by atoms with van der Waals surface area (Å²) in [6.45, 7) is 4.16. The molecule has 5 rings (SSSR count). The molecule has 10 amide bonds. The van der Waals surface area contributed by atoms with E-state index in [1.54, 1.807) is 147 Å². The summed E-state index contributed by atoms with van der Waals surface area (Å²) in [7, 11) is 0. The fraction of sp³-hybridized carbons (Fsp3) is 0.406. The summed E-state index contributed by atoms with van der Waals surface area (Å²) in [5.74, 6) is -10.0. The Balaban J connectivity index is 1.44. The average molecular weight is 1310 g/mol. The van der Waals surface area contributed by atoms with E-state index in [9.17, 15) is 63.0 Å². The molecule has 9 atom stereocenters. The summed E-state index contributed by atoms with van der Waals surface area (Å²) < 4.78 is 0. The van der Waals surface area contributed by atoms with E-state index in [4.69, 9.17) is 28.7 Å². The molecule has 0 spiro atoms. The quantitative estimate of drug-likeness (QED) is 0.0238. The number of aromatic hydroxyl groups is 1. The van der Waals surface area contributed by atoms with E-state index in [1.807, 2.05) is 0 Å². The predicted octanol–water partition coefficient (Wildman–Crippen LogP) is 0.602. The van der Waals surface area contributed by atoms with Crippen molar-refractivity contribution in [3.05, 3.63) is 172 Å². The fourth-order valence-electron chi connectivity index (χ4n) is 10.7. The maximum Gasteiger partial charge on any atom is 0.303 e. The molecule has 0 saturated heterocycles. The topological polar surface area (TPSA) is 455 Å². The zero-order valence-corrected chi connectivity index (χ0v) is 53.7. The predicted molar refractivity (Wildman–Crippen MR) is 356 cm³/mol. The van der Waals surface area contributed by atoms with Crippen molar-refractivity contribution in [2.75, 3.05) is 13.1 Å². The van der Waals surface area contributed by atoms with E-state index in [0.29, 0.717) is 65.6 Å². The van der Waals surface area contributed by atoms with E-state index < -0.39 is 145 Å². The van der Waals surface area contributed by atoms with E-state index in [1.165, 1.54) is 0 Å². The second kappa shape index (κ2) is 39.5. The Bertz CT molecular complexity index is 3340. The Morgan fingerprint density at radius 3 is 0.979 bits per heavy atom. The minimum absolute atomic E-state index is 0.0532. The molecule has 20 N–H and O–H groups in total. The smallest absolute Gasteiger partial charge is 0.303 e. The molecule has 0 aromatic heterocycles. The van der Waals surface area contributed by atoms with Crippen molar-refractivity contribution in [1.82, 2.24) is 42.5 Å². The highest BCUT2D eigenvalue weighted by Crippen LogP contribution is 2.22. The Morgan fingerprint density at radius 1 is 0.379 bits per heavy atom. The minimum atomic E-state index is -1.71. The Kier molecular flexibility index (Phi) is 31.5. The van der Waals surface area contributed by atoms with Crippen LogP contribution in [0, 0.1) is 13.8 Å². The van der Waals surface area contributed by atoms with Crippen LogP contribution in [0.25, 0.3) is 0 Å². The lowest BCUT2D eigenvalue weighted by Crippen LogP contribution is -2.61. The number of aryl methyl sites for hydroxylation is 2. The summed E-state index contributed by atoms with van der Waals surface area (Å²) in [5.41, 5.74) is 33.5. The van der Waals surface area contributed by atoms with Crippen LogP contribution in [0.3, 0.4) is 0 Å². The van der Waals surface area contributed by atoms with Gasteiger partial charge in [-0.15, -0.1) is 0 Å². The van der Waals surface area contributed by atoms with E-state index >= 15 is 0 Å². The van der Waals surface area contributed by atoms with Crippen molar-refractivity contribution in [2.24, 2.45) is 28.7 Å². The molecule has 0 saturated carbocycles. The number of nitrogens with one attached hydrogen (secondary N) is 8. The van der Waals surface area contributed by atoms with E-state index in [-0.39, 0.29) is 57.2 Å². The lowest BCUT2D eigenvalue weighted by Gasteiger charge is -2.28. The molecular formula is C69H91N13O13. The molecule has 0 aliphatic heterocycles. The maximum atomic E-state index is 14.9. The van der Waals surface area contributed by atoms with Gasteiger partial charge >= 0.3 is 5.97 Å². The first-order valence-electron chi connectivity index (χ1n) is 31.8. The number of carboxylic acids is 1. The fourth-order valence-corrected chi connectivity index (χ4v) is 10.7. The molecule has 0 bridgehead atoms. The number of phenols is 1. The number of carbonyl (C=O) groups is 11. The van der Waals surface area contributed by atoms with Gasteiger partial charge in [0.15, 0.2) is 0 Å². The van der Waals surface area contributed by atoms with Crippen molar-refractivity contribution in [3.63, 3.8) is 0 Å². The van der Waals surface area contributed by atoms with Crippen LogP contribution in [-0.4, -0.2) is 143 Å². The molecule has 0 unspecified atom stereocenters. The van der Waals surface area contributed by atoms with Crippen LogP contribution >= 0.6 is 0 Å². The van der Waals surface area contributed by atoms with Gasteiger partial charge < -0.3 is 81.4 Å². The van der Waals surface area contributed by atoms with Crippen LogP contribution in [0.5, 0.6) is 5.75 Å². The Labute approximate surface area is 552 Å². The Morgan fingerprint density at radius 2 is 0.663 bits per heavy atom. The number of nitrogens with two attached hydrogens (primary N) is 5. The number of carbonyl (C=O) groups excluding carboxylic acids is 10. The van der Waals surface area contributed by atoms with Gasteiger partial charge in [-0.2, -0.15) is 0 Å². The summed E-state index contributed by atoms with van der Waals surface area (Å²) in [4.78, 5) is 153. The number of amides is 10. The molecular weight excluding hydrogens is 1220 g/mol. The first-order valence-corrected chi connectivity index (χ1v) is 31.8. The number of carboxylic acid groups (broad SMARTS) is 1. The Hall–Kier alpha value is -10.1. The largest absolute Gasteiger partial charge is 0.508 e. The lowest BCUT2D eigenvalue weighted by molar-refractivity contribution is -0.138.